The second-order valence-electron chi connectivity index (χ2n) is 3.64. The number of benzene rings is 1. The Labute approximate surface area is 105 Å². The maximum absolute atomic E-state index is 11.8. The molecule has 0 aliphatic carbocycles. The molecule has 0 unspecified atom stereocenters. The van der Waals surface area contributed by atoms with Crippen molar-refractivity contribution in [2.75, 3.05) is 21.1 Å². The number of hydrogen-bond acceptors (Lipinski definition) is 2. The molecule has 0 saturated heterocycles. The van der Waals surface area contributed by atoms with Crippen molar-refractivity contribution in [3.63, 3.8) is 0 Å². The summed E-state index contributed by atoms with van der Waals surface area (Å²) in [5, 5.41) is 0. The summed E-state index contributed by atoms with van der Waals surface area (Å²) >= 11 is 3.39. The molecule has 0 N–H and O–H groups in total. The monoisotopic (exact) mass is 306 g/mol. The van der Waals surface area contributed by atoms with Crippen LogP contribution in [0.4, 0.5) is 0 Å². The maximum Gasteiger partial charge on any atom is 0.281 e. The van der Waals surface area contributed by atoms with Crippen LogP contribution in [0.25, 0.3) is 0 Å². The Kier molecular flexibility index (Phi) is 4.49. The smallest absolute Gasteiger partial charge is 0.195 e. The normalized spacial score (nSPS) is 12.4. The Hall–Kier alpha value is -0.430. The predicted octanol–water partition coefficient (Wildman–Crippen LogP) is 1.69. The minimum absolute atomic E-state index is 0.349. The summed E-state index contributed by atoms with van der Waals surface area (Å²) in [5.74, 6) is 0. The Bertz CT molecular complexity index is 460. The summed E-state index contributed by atoms with van der Waals surface area (Å²) in [4.78, 5) is 0. The minimum Gasteiger partial charge on any atom is -0.195 e. The van der Waals surface area contributed by atoms with Gasteiger partial charge in [0.2, 0.25) is 0 Å². The first-order valence-electron chi connectivity index (χ1n) is 4.73. The molecule has 6 heteroatoms. The summed E-state index contributed by atoms with van der Waals surface area (Å²) in [6.07, 6.45) is 0. The molecule has 0 saturated carbocycles. The Balaban J connectivity index is 2.88. The molecule has 16 heavy (non-hydrogen) atoms. The van der Waals surface area contributed by atoms with Gasteiger partial charge in [-0.25, -0.2) is 0 Å². The Morgan fingerprint density at radius 1 is 1.19 bits per heavy atom. The fourth-order valence-corrected chi connectivity index (χ4v) is 2.50. The molecular formula is C10H15BrN2O2S. The van der Waals surface area contributed by atoms with Gasteiger partial charge in [0.1, 0.15) is 0 Å². The zero-order chi connectivity index (χ0) is 12.3. The molecule has 0 aromatic heterocycles. The lowest BCUT2D eigenvalue weighted by atomic mass is 10.2. The van der Waals surface area contributed by atoms with Gasteiger partial charge in [0.25, 0.3) is 10.2 Å². The van der Waals surface area contributed by atoms with Crippen LogP contribution in [0.15, 0.2) is 28.7 Å². The SMILES string of the molecule is CN(C)S(=O)(=O)N(C)Cc1ccccc1Br. The Morgan fingerprint density at radius 2 is 1.75 bits per heavy atom. The van der Waals surface area contributed by atoms with Crippen molar-refractivity contribution in [1.82, 2.24) is 8.61 Å². The fourth-order valence-electron chi connectivity index (χ4n) is 1.23. The van der Waals surface area contributed by atoms with Crippen LogP contribution in [-0.2, 0) is 16.8 Å². The molecule has 0 aliphatic heterocycles. The van der Waals surface area contributed by atoms with Gasteiger partial charge in [-0.15, -0.1) is 0 Å². The van der Waals surface area contributed by atoms with Gasteiger partial charge in [-0.3, -0.25) is 0 Å². The number of nitrogens with zero attached hydrogens (tertiary/aromatic N) is 2. The van der Waals surface area contributed by atoms with Gasteiger partial charge >= 0.3 is 0 Å². The number of rotatable bonds is 4. The fraction of sp³-hybridized carbons (Fsp3) is 0.400. The first-order valence-corrected chi connectivity index (χ1v) is 6.92. The molecular weight excluding hydrogens is 292 g/mol. The quantitative estimate of drug-likeness (QED) is 0.849. The molecule has 0 heterocycles. The van der Waals surface area contributed by atoms with Crippen LogP contribution in [0.1, 0.15) is 5.56 Å². The van der Waals surface area contributed by atoms with E-state index in [2.05, 4.69) is 15.9 Å². The first-order chi connectivity index (χ1) is 7.35. The molecule has 4 nitrogen and oxygen atoms in total. The standard InChI is InChI=1S/C10H15BrN2O2S/c1-12(2)16(14,15)13(3)8-9-6-4-5-7-10(9)11/h4-7H,8H2,1-3H3. The molecule has 1 rings (SSSR count). The van der Waals surface area contributed by atoms with Crippen LogP contribution in [0.3, 0.4) is 0 Å². The highest BCUT2D eigenvalue weighted by molar-refractivity contribution is 9.10. The zero-order valence-electron chi connectivity index (χ0n) is 9.51. The van der Waals surface area contributed by atoms with E-state index in [9.17, 15) is 8.42 Å². The third-order valence-electron chi connectivity index (χ3n) is 2.21. The van der Waals surface area contributed by atoms with Crippen molar-refractivity contribution in [1.29, 1.82) is 0 Å². The van der Waals surface area contributed by atoms with Crippen LogP contribution in [0, 0.1) is 0 Å². The maximum atomic E-state index is 11.8. The topological polar surface area (TPSA) is 40.6 Å². The molecule has 0 bridgehead atoms. The van der Waals surface area contributed by atoms with Crippen LogP contribution in [-0.4, -0.2) is 38.2 Å². The van der Waals surface area contributed by atoms with Crippen molar-refractivity contribution in [2.45, 2.75) is 6.54 Å². The van der Waals surface area contributed by atoms with E-state index in [-0.39, 0.29) is 0 Å². The van der Waals surface area contributed by atoms with Crippen LogP contribution in [0.2, 0.25) is 0 Å². The van der Waals surface area contributed by atoms with Gasteiger partial charge < -0.3 is 0 Å². The van der Waals surface area contributed by atoms with Crippen molar-refractivity contribution < 1.29 is 8.42 Å². The van der Waals surface area contributed by atoms with Gasteiger partial charge in [0, 0.05) is 32.2 Å². The van der Waals surface area contributed by atoms with Crippen molar-refractivity contribution in [3.05, 3.63) is 34.3 Å². The van der Waals surface area contributed by atoms with Gasteiger partial charge in [0.15, 0.2) is 0 Å². The van der Waals surface area contributed by atoms with E-state index < -0.39 is 10.2 Å². The lowest BCUT2D eigenvalue weighted by Gasteiger charge is -2.21. The number of halogens is 1. The highest BCUT2D eigenvalue weighted by atomic mass is 79.9. The molecule has 0 spiro atoms. The van der Waals surface area contributed by atoms with Gasteiger partial charge in [0.05, 0.1) is 0 Å². The Morgan fingerprint density at radius 3 is 2.25 bits per heavy atom. The lowest BCUT2D eigenvalue weighted by molar-refractivity contribution is 0.414. The third kappa shape index (κ3) is 3.04. The van der Waals surface area contributed by atoms with Crippen molar-refractivity contribution >= 4 is 26.1 Å². The lowest BCUT2D eigenvalue weighted by Crippen LogP contribution is -2.36. The molecule has 90 valence electrons. The van der Waals surface area contributed by atoms with E-state index in [1.165, 1.54) is 22.7 Å². The van der Waals surface area contributed by atoms with Crippen molar-refractivity contribution in [2.24, 2.45) is 0 Å². The van der Waals surface area contributed by atoms with Crippen LogP contribution >= 0.6 is 15.9 Å². The second-order valence-corrected chi connectivity index (χ2v) is 6.74. The van der Waals surface area contributed by atoms with E-state index in [0.717, 1.165) is 10.0 Å². The van der Waals surface area contributed by atoms with E-state index in [1.54, 1.807) is 7.05 Å². The predicted molar refractivity (Wildman–Crippen MR) is 68.2 cm³/mol. The van der Waals surface area contributed by atoms with Crippen molar-refractivity contribution in [3.8, 4) is 0 Å². The third-order valence-corrected chi connectivity index (χ3v) is 4.82. The molecule has 1 aromatic rings. The molecule has 1 aromatic carbocycles. The minimum atomic E-state index is -3.35. The van der Waals surface area contributed by atoms with Gasteiger partial charge in [-0.05, 0) is 11.6 Å². The summed E-state index contributed by atoms with van der Waals surface area (Å²) in [6, 6.07) is 7.57. The average molecular weight is 307 g/mol. The largest absolute Gasteiger partial charge is 0.281 e. The summed E-state index contributed by atoms with van der Waals surface area (Å²) in [5.41, 5.74) is 0.940. The summed E-state index contributed by atoms with van der Waals surface area (Å²) < 4.78 is 27.0. The molecule has 0 atom stereocenters. The number of hydrogen-bond donors (Lipinski definition) is 0. The first kappa shape index (κ1) is 13.6. The molecule has 0 aliphatic rings. The van der Waals surface area contributed by atoms with E-state index in [4.69, 9.17) is 0 Å². The molecule has 0 radical (unpaired) electrons. The van der Waals surface area contributed by atoms with Crippen LogP contribution in [0.5, 0.6) is 0 Å². The van der Waals surface area contributed by atoms with E-state index in [1.807, 2.05) is 24.3 Å². The average Bonchev–Trinajstić information content (AvgIpc) is 2.21. The summed E-state index contributed by atoms with van der Waals surface area (Å²) in [6.45, 7) is 0.349. The molecule has 0 fully saturated rings. The highest BCUT2D eigenvalue weighted by Gasteiger charge is 2.20. The molecule has 0 amide bonds. The zero-order valence-corrected chi connectivity index (χ0v) is 11.9. The van der Waals surface area contributed by atoms with Crippen LogP contribution < -0.4 is 0 Å². The van der Waals surface area contributed by atoms with E-state index >= 15 is 0 Å². The van der Waals surface area contributed by atoms with E-state index in [0.29, 0.717) is 6.54 Å². The van der Waals surface area contributed by atoms with Gasteiger partial charge in [-0.2, -0.15) is 17.0 Å². The summed E-state index contributed by atoms with van der Waals surface area (Å²) in [7, 11) is 1.26. The second kappa shape index (κ2) is 5.27. The van der Waals surface area contributed by atoms with Gasteiger partial charge in [-0.1, -0.05) is 34.1 Å². The highest BCUT2D eigenvalue weighted by Crippen LogP contribution is 2.18.